The van der Waals surface area contributed by atoms with Crippen molar-refractivity contribution < 1.29 is 13.6 Å². The van der Waals surface area contributed by atoms with E-state index in [9.17, 15) is 13.6 Å². The third-order valence-electron chi connectivity index (χ3n) is 5.34. The molecule has 0 saturated carbocycles. The normalized spacial score (nSPS) is 15.5. The number of carbonyl (C=O) groups is 1. The summed E-state index contributed by atoms with van der Waals surface area (Å²) in [6, 6.07) is 18.7. The van der Waals surface area contributed by atoms with Crippen molar-refractivity contribution in [3.63, 3.8) is 0 Å². The van der Waals surface area contributed by atoms with Crippen molar-refractivity contribution in [3.8, 4) is 0 Å². The van der Waals surface area contributed by atoms with Gasteiger partial charge in [-0.05, 0) is 61.0 Å². The van der Waals surface area contributed by atoms with E-state index in [1.54, 1.807) is 19.1 Å². The van der Waals surface area contributed by atoms with Crippen molar-refractivity contribution in [2.45, 2.75) is 13.0 Å². The molecule has 0 aliphatic carbocycles. The first kappa shape index (κ1) is 19.0. The zero-order chi connectivity index (χ0) is 21.5. The highest BCUT2D eigenvalue weighted by molar-refractivity contribution is 6.06. The molecule has 0 spiro atoms. The lowest BCUT2D eigenvalue weighted by Crippen LogP contribution is -2.31. The summed E-state index contributed by atoms with van der Waals surface area (Å²) in [5, 5.41) is 6.03. The molecule has 7 heteroatoms. The maximum Gasteiger partial charge on any atom is 0.255 e. The molecule has 0 saturated heterocycles. The number of nitrogens with one attached hydrogen (secondary N) is 2. The minimum Gasteiger partial charge on any atom is -0.329 e. The zero-order valence-electron chi connectivity index (χ0n) is 16.6. The number of carbonyl (C=O) groups excluding carboxylic acids is 1. The number of nitrogens with zero attached hydrogens (tertiary/aromatic N) is 2. The van der Waals surface area contributed by atoms with Crippen LogP contribution in [0.25, 0.3) is 11.0 Å². The maximum absolute atomic E-state index is 14.2. The number of allylic oxidation sites excluding steroid dienone is 1. The van der Waals surface area contributed by atoms with Crippen LogP contribution < -0.4 is 10.6 Å². The molecule has 154 valence electrons. The molecule has 1 aliphatic heterocycles. The van der Waals surface area contributed by atoms with Gasteiger partial charge >= 0.3 is 0 Å². The predicted octanol–water partition coefficient (Wildman–Crippen LogP) is 5.24. The fourth-order valence-electron chi connectivity index (χ4n) is 3.98. The molecule has 1 aromatic heterocycles. The molecule has 0 bridgehead atoms. The van der Waals surface area contributed by atoms with Gasteiger partial charge in [0.05, 0.1) is 22.6 Å². The Morgan fingerprint density at radius 1 is 1.00 bits per heavy atom. The number of anilines is 2. The molecule has 5 nitrogen and oxygen atoms in total. The molecule has 4 aromatic rings. The largest absolute Gasteiger partial charge is 0.329 e. The van der Waals surface area contributed by atoms with Crippen LogP contribution in [0.5, 0.6) is 0 Å². The minimum atomic E-state index is -0.597. The molecule has 0 unspecified atom stereocenters. The Balaban J connectivity index is 1.66. The number of benzene rings is 3. The van der Waals surface area contributed by atoms with Crippen LogP contribution in [0.1, 0.15) is 18.5 Å². The van der Waals surface area contributed by atoms with Gasteiger partial charge in [-0.3, -0.25) is 9.36 Å². The number of fused-ring (bicyclic) bond motifs is 3. The smallest absolute Gasteiger partial charge is 0.255 e. The van der Waals surface area contributed by atoms with Gasteiger partial charge in [0.2, 0.25) is 5.95 Å². The molecule has 3 aromatic carbocycles. The summed E-state index contributed by atoms with van der Waals surface area (Å²) >= 11 is 0. The van der Waals surface area contributed by atoms with Gasteiger partial charge in [-0.25, -0.2) is 13.8 Å². The summed E-state index contributed by atoms with van der Waals surface area (Å²) in [6.45, 7) is 1.79. The van der Waals surface area contributed by atoms with Crippen molar-refractivity contribution in [2.24, 2.45) is 0 Å². The molecule has 0 fully saturated rings. The predicted molar refractivity (Wildman–Crippen MR) is 116 cm³/mol. The highest BCUT2D eigenvalue weighted by Gasteiger charge is 2.34. The van der Waals surface area contributed by atoms with Crippen molar-refractivity contribution >= 4 is 28.6 Å². The average molecular weight is 416 g/mol. The fourth-order valence-corrected chi connectivity index (χ4v) is 3.98. The van der Waals surface area contributed by atoms with Crippen LogP contribution in [0.15, 0.2) is 84.1 Å². The molecule has 1 amide bonds. The topological polar surface area (TPSA) is 59.0 Å². The third-order valence-corrected chi connectivity index (χ3v) is 5.34. The minimum absolute atomic E-state index is 0.366. The van der Waals surface area contributed by atoms with E-state index in [0.29, 0.717) is 28.5 Å². The second-order valence-corrected chi connectivity index (χ2v) is 7.38. The van der Waals surface area contributed by atoms with Gasteiger partial charge in [0.15, 0.2) is 0 Å². The molecular weight excluding hydrogens is 398 g/mol. The van der Waals surface area contributed by atoms with E-state index in [1.807, 2.05) is 28.8 Å². The van der Waals surface area contributed by atoms with E-state index in [2.05, 4.69) is 15.6 Å². The Kier molecular flexibility index (Phi) is 4.51. The highest BCUT2D eigenvalue weighted by Crippen LogP contribution is 2.39. The zero-order valence-corrected chi connectivity index (χ0v) is 16.6. The monoisotopic (exact) mass is 416 g/mol. The first-order valence-electron chi connectivity index (χ1n) is 9.78. The average Bonchev–Trinajstić information content (AvgIpc) is 3.12. The summed E-state index contributed by atoms with van der Waals surface area (Å²) < 4.78 is 29.3. The summed E-state index contributed by atoms with van der Waals surface area (Å²) in [5.74, 6) is -0.571. The Morgan fingerprint density at radius 3 is 2.55 bits per heavy atom. The van der Waals surface area contributed by atoms with E-state index < -0.39 is 11.9 Å². The molecule has 5 rings (SSSR count). The summed E-state index contributed by atoms with van der Waals surface area (Å²) in [4.78, 5) is 18.0. The quantitative estimate of drug-likeness (QED) is 0.480. The Labute approximate surface area is 177 Å². The van der Waals surface area contributed by atoms with Gasteiger partial charge in [0, 0.05) is 11.4 Å². The van der Waals surface area contributed by atoms with E-state index in [0.717, 1.165) is 11.0 Å². The summed E-state index contributed by atoms with van der Waals surface area (Å²) in [7, 11) is 0. The van der Waals surface area contributed by atoms with Crippen molar-refractivity contribution in [3.05, 3.63) is 101 Å². The molecule has 2 heterocycles. The van der Waals surface area contributed by atoms with E-state index in [1.165, 1.54) is 36.4 Å². The lowest BCUT2D eigenvalue weighted by Gasteiger charge is -2.30. The van der Waals surface area contributed by atoms with E-state index in [4.69, 9.17) is 0 Å². The van der Waals surface area contributed by atoms with Gasteiger partial charge in [0.25, 0.3) is 5.91 Å². The van der Waals surface area contributed by atoms with Gasteiger partial charge in [-0.2, -0.15) is 0 Å². The molecule has 0 radical (unpaired) electrons. The molecule has 1 atom stereocenters. The summed E-state index contributed by atoms with van der Waals surface area (Å²) in [6.07, 6.45) is 0. The van der Waals surface area contributed by atoms with Gasteiger partial charge in [0.1, 0.15) is 11.6 Å². The second-order valence-electron chi connectivity index (χ2n) is 7.38. The standard InChI is InChI=1S/C24H18F2N4O/c1-14-21(23(31)28-18-11-9-16(25)10-12-18)22(15-5-4-6-17(26)13-15)30-20-8-3-2-7-19(20)29-24(30)27-14/h2-13,22H,1H3,(H,27,29)(H,28,31)/t22-/m0/s1. The number of amides is 1. The van der Waals surface area contributed by atoms with Crippen LogP contribution in [-0.2, 0) is 4.79 Å². The number of imidazole rings is 1. The molecule has 31 heavy (non-hydrogen) atoms. The van der Waals surface area contributed by atoms with Crippen LogP contribution in [0.3, 0.4) is 0 Å². The first-order valence-corrected chi connectivity index (χ1v) is 9.78. The van der Waals surface area contributed by atoms with Gasteiger partial charge in [-0.1, -0.05) is 24.3 Å². The maximum atomic E-state index is 14.2. The third kappa shape index (κ3) is 3.34. The molecule has 1 aliphatic rings. The van der Waals surface area contributed by atoms with Gasteiger partial charge < -0.3 is 10.6 Å². The first-order chi connectivity index (χ1) is 15.0. The Morgan fingerprint density at radius 2 is 1.77 bits per heavy atom. The SMILES string of the molecule is CC1=C(C(=O)Nc2ccc(F)cc2)[C@H](c2cccc(F)c2)n2c(nc3ccccc32)N1. The fraction of sp³-hybridized carbons (Fsp3) is 0.0833. The van der Waals surface area contributed by atoms with Crippen molar-refractivity contribution in [1.82, 2.24) is 9.55 Å². The van der Waals surface area contributed by atoms with Crippen LogP contribution in [0.4, 0.5) is 20.4 Å². The number of halogens is 2. The number of hydrogen-bond donors (Lipinski definition) is 2. The molecule has 2 N–H and O–H groups in total. The van der Waals surface area contributed by atoms with Crippen LogP contribution in [-0.4, -0.2) is 15.5 Å². The van der Waals surface area contributed by atoms with Crippen molar-refractivity contribution in [1.29, 1.82) is 0 Å². The number of para-hydroxylation sites is 2. The molecular formula is C24H18F2N4O. The van der Waals surface area contributed by atoms with E-state index in [-0.39, 0.29) is 11.7 Å². The lowest BCUT2D eigenvalue weighted by atomic mass is 9.94. The second kappa shape index (κ2) is 7.36. The van der Waals surface area contributed by atoms with Crippen molar-refractivity contribution in [2.75, 3.05) is 10.6 Å². The van der Waals surface area contributed by atoms with E-state index >= 15 is 0 Å². The lowest BCUT2D eigenvalue weighted by molar-refractivity contribution is -0.113. The number of hydrogen-bond acceptors (Lipinski definition) is 3. The Bertz CT molecular complexity index is 1340. The summed E-state index contributed by atoms with van der Waals surface area (Å²) in [5.41, 5.74) is 3.70. The Hall–Kier alpha value is -4.00. The van der Waals surface area contributed by atoms with Crippen LogP contribution >= 0.6 is 0 Å². The number of rotatable bonds is 3. The van der Waals surface area contributed by atoms with Gasteiger partial charge in [-0.15, -0.1) is 0 Å². The van der Waals surface area contributed by atoms with Crippen LogP contribution in [0, 0.1) is 11.6 Å². The highest BCUT2D eigenvalue weighted by atomic mass is 19.1. The van der Waals surface area contributed by atoms with Crippen LogP contribution in [0.2, 0.25) is 0 Å². The number of aromatic nitrogens is 2.